The number of nitrogens with zero attached hydrogens (tertiary/aromatic N) is 2. The third kappa shape index (κ3) is 9.01. The van der Waals surface area contributed by atoms with Crippen LogP contribution in [0, 0.1) is 0 Å². The summed E-state index contributed by atoms with van der Waals surface area (Å²) in [5, 5.41) is 4.03. The summed E-state index contributed by atoms with van der Waals surface area (Å²) in [6.45, 7) is 3.15. The molecule has 45 heavy (non-hydrogen) atoms. The van der Waals surface area contributed by atoms with Crippen molar-refractivity contribution in [2.24, 2.45) is 0 Å². The summed E-state index contributed by atoms with van der Waals surface area (Å²) in [6.07, 6.45) is 0.862. The number of nitrogens with one attached hydrogen (secondary N) is 1. The second-order valence-corrected chi connectivity index (χ2v) is 13.7. The molecule has 7 nitrogen and oxygen atoms in total. The van der Waals surface area contributed by atoms with E-state index < -0.39 is 28.5 Å². The van der Waals surface area contributed by atoms with Gasteiger partial charge in [-0.1, -0.05) is 102 Å². The maximum Gasteiger partial charge on any atom is 0.264 e. The van der Waals surface area contributed by atoms with Gasteiger partial charge in [0, 0.05) is 34.1 Å². The number of amides is 2. The summed E-state index contributed by atoms with van der Waals surface area (Å²) in [5.74, 6) is -0.979. The highest BCUT2D eigenvalue weighted by Crippen LogP contribution is 2.28. The zero-order valence-electron chi connectivity index (χ0n) is 24.9. The zero-order valence-corrected chi connectivity index (χ0v) is 28.0. The highest BCUT2D eigenvalue weighted by Gasteiger charge is 2.35. The Morgan fingerprint density at radius 1 is 0.822 bits per heavy atom. The SMILES string of the molecule is CCC(C)NC(=O)C(Cc1ccccc1)N(Cc1ccc(Cl)cc1Cl)C(=O)CN(c1cccc(Cl)c1)S(=O)(=O)c1ccccc1. The molecule has 2 amide bonds. The number of sulfonamides is 1. The van der Waals surface area contributed by atoms with Crippen LogP contribution in [0.4, 0.5) is 5.69 Å². The molecule has 0 bridgehead atoms. The van der Waals surface area contributed by atoms with Crippen LogP contribution in [-0.2, 0) is 32.6 Å². The molecule has 0 aromatic heterocycles. The molecule has 4 rings (SSSR count). The number of benzene rings is 4. The highest BCUT2D eigenvalue weighted by atomic mass is 35.5. The predicted octanol–water partition coefficient (Wildman–Crippen LogP) is 7.40. The van der Waals surface area contributed by atoms with E-state index in [-0.39, 0.29) is 35.5 Å². The Labute approximate surface area is 279 Å². The van der Waals surface area contributed by atoms with Crippen molar-refractivity contribution in [3.05, 3.63) is 129 Å². The van der Waals surface area contributed by atoms with E-state index in [2.05, 4.69) is 5.32 Å². The van der Waals surface area contributed by atoms with E-state index in [1.807, 2.05) is 44.2 Å². The van der Waals surface area contributed by atoms with Gasteiger partial charge in [0.25, 0.3) is 10.0 Å². The lowest BCUT2D eigenvalue weighted by Crippen LogP contribution is -2.54. The fraction of sp³-hybridized carbons (Fsp3) is 0.235. The van der Waals surface area contributed by atoms with Crippen LogP contribution in [0.3, 0.4) is 0 Å². The summed E-state index contributed by atoms with van der Waals surface area (Å²) in [4.78, 5) is 29.8. The van der Waals surface area contributed by atoms with Gasteiger partial charge in [0.1, 0.15) is 12.6 Å². The first-order chi connectivity index (χ1) is 21.5. The van der Waals surface area contributed by atoms with E-state index in [0.717, 1.165) is 9.87 Å². The quantitative estimate of drug-likeness (QED) is 0.159. The fourth-order valence-corrected chi connectivity index (χ4v) is 6.79. The lowest BCUT2D eigenvalue weighted by atomic mass is 10.0. The molecule has 11 heteroatoms. The van der Waals surface area contributed by atoms with Gasteiger partial charge in [0.15, 0.2) is 0 Å². The van der Waals surface area contributed by atoms with Crippen LogP contribution in [0.25, 0.3) is 0 Å². The second-order valence-electron chi connectivity index (χ2n) is 10.6. The molecule has 0 spiro atoms. The summed E-state index contributed by atoms with van der Waals surface area (Å²) < 4.78 is 29.1. The van der Waals surface area contributed by atoms with Crippen LogP contribution >= 0.6 is 34.8 Å². The first-order valence-corrected chi connectivity index (χ1v) is 17.0. The summed E-state index contributed by atoms with van der Waals surface area (Å²) in [6, 6.07) is 27.2. The van der Waals surface area contributed by atoms with Gasteiger partial charge in [0.2, 0.25) is 11.8 Å². The van der Waals surface area contributed by atoms with Gasteiger partial charge in [-0.3, -0.25) is 13.9 Å². The molecule has 0 radical (unpaired) electrons. The van der Waals surface area contributed by atoms with Crippen molar-refractivity contribution in [2.45, 2.75) is 50.2 Å². The number of rotatable bonds is 13. The molecule has 0 aliphatic rings. The van der Waals surface area contributed by atoms with E-state index in [4.69, 9.17) is 34.8 Å². The largest absolute Gasteiger partial charge is 0.352 e. The molecule has 2 unspecified atom stereocenters. The lowest BCUT2D eigenvalue weighted by Gasteiger charge is -2.34. The molecule has 2 atom stereocenters. The average molecular weight is 687 g/mol. The molecule has 4 aromatic rings. The first-order valence-electron chi connectivity index (χ1n) is 14.4. The summed E-state index contributed by atoms with van der Waals surface area (Å²) >= 11 is 19.0. The number of halogens is 3. The second kappa shape index (κ2) is 15.6. The van der Waals surface area contributed by atoms with Gasteiger partial charge >= 0.3 is 0 Å². The van der Waals surface area contributed by atoms with Gasteiger partial charge in [-0.2, -0.15) is 0 Å². The van der Waals surface area contributed by atoms with Gasteiger partial charge < -0.3 is 10.2 Å². The molecule has 0 heterocycles. The van der Waals surface area contributed by atoms with Crippen molar-refractivity contribution in [1.29, 1.82) is 0 Å². The zero-order chi connectivity index (χ0) is 32.6. The van der Waals surface area contributed by atoms with Crippen molar-refractivity contribution >= 4 is 62.3 Å². The number of carbonyl (C=O) groups excluding carboxylic acids is 2. The van der Waals surface area contributed by atoms with Gasteiger partial charge in [-0.15, -0.1) is 0 Å². The lowest BCUT2D eigenvalue weighted by molar-refractivity contribution is -0.140. The van der Waals surface area contributed by atoms with E-state index in [1.165, 1.54) is 23.1 Å². The molecule has 0 aliphatic carbocycles. The summed E-state index contributed by atoms with van der Waals surface area (Å²) in [5.41, 5.74) is 1.57. The minimum Gasteiger partial charge on any atom is -0.352 e. The molecule has 0 saturated carbocycles. The Kier molecular flexibility index (Phi) is 11.9. The maximum absolute atomic E-state index is 14.5. The maximum atomic E-state index is 14.5. The number of hydrogen-bond donors (Lipinski definition) is 1. The number of anilines is 1. The van der Waals surface area contributed by atoms with Gasteiger partial charge in [-0.25, -0.2) is 8.42 Å². The standard InChI is InChI=1S/C34H34Cl3N3O4S/c1-3-24(2)38-34(42)32(19-25-11-6-4-7-12-25)39(22-26-17-18-28(36)21-31(26)37)33(41)23-40(29-14-10-13-27(35)20-29)45(43,44)30-15-8-5-9-16-30/h4-18,20-21,24,32H,3,19,22-23H2,1-2H3,(H,38,42). The van der Waals surface area contributed by atoms with Crippen LogP contribution in [0.2, 0.25) is 15.1 Å². The minimum absolute atomic E-state index is 0.000389. The van der Waals surface area contributed by atoms with Crippen LogP contribution < -0.4 is 9.62 Å². The third-order valence-electron chi connectivity index (χ3n) is 7.33. The normalized spacial score (nSPS) is 12.6. The van der Waals surface area contributed by atoms with Crippen LogP contribution in [0.5, 0.6) is 0 Å². The number of carbonyl (C=O) groups is 2. The Balaban J connectivity index is 1.82. The molecular formula is C34H34Cl3N3O4S. The Morgan fingerprint density at radius 2 is 1.47 bits per heavy atom. The predicted molar refractivity (Wildman–Crippen MR) is 181 cm³/mol. The van der Waals surface area contributed by atoms with E-state index >= 15 is 0 Å². The van der Waals surface area contributed by atoms with Crippen LogP contribution in [-0.4, -0.2) is 43.8 Å². The molecule has 0 saturated heterocycles. The summed E-state index contributed by atoms with van der Waals surface area (Å²) in [7, 11) is -4.23. The average Bonchev–Trinajstić information content (AvgIpc) is 3.03. The monoisotopic (exact) mass is 685 g/mol. The van der Waals surface area contributed by atoms with Crippen molar-refractivity contribution < 1.29 is 18.0 Å². The van der Waals surface area contributed by atoms with Gasteiger partial charge in [0.05, 0.1) is 10.6 Å². The van der Waals surface area contributed by atoms with Crippen LogP contribution in [0.15, 0.2) is 108 Å². The molecule has 0 fully saturated rings. The van der Waals surface area contributed by atoms with E-state index in [0.29, 0.717) is 27.1 Å². The minimum atomic E-state index is -4.23. The van der Waals surface area contributed by atoms with Crippen molar-refractivity contribution in [3.8, 4) is 0 Å². The van der Waals surface area contributed by atoms with Crippen molar-refractivity contribution in [1.82, 2.24) is 10.2 Å². The molecule has 236 valence electrons. The van der Waals surface area contributed by atoms with E-state index in [1.54, 1.807) is 54.6 Å². The topological polar surface area (TPSA) is 86.8 Å². The third-order valence-corrected chi connectivity index (χ3v) is 9.94. The smallest absolute Gasteiger partial charge is 0.264 e. The fourth-order valence-electron chi connectivity index (χ4n) is 4.71. The Hall–Kier alpha value is -3.56. The molecule has 1 N–H and O–H groups in total. The van der Waals surface area contributed by atoms with Crippen molar-refractivity contribution in [3.63, 3.8) is 0 Å². The molecule has 4 aromatic carbocycles. The molecule has 0 aliphatic heterocycles. The Morgan fingerprint density at radius 3 is 2.09 bits per heavy atom. The van der Waals surface area contributed by atoms with Crippen LogP contribution in [0.1, 0.15) is 31.4 Å². The molecular weight excluding hydrogens is 653 g/mol. The highest BCUT2D eigenvalue weighted by molar-refractivity contribution is 7.92. The Bertz CT molecular complexity index is 1720. The number of hydrogen-bond acceptors (Lipinski definition) is 4. The van der Waals surface area contributed by atoms with Crippen molar-refractivity contribution in [2.75, 3.05) is 10.8 Å². The first kappa shape index (κ1) is 34.3. The van der Waals surface area contributed by atoms with Gasteiger partial charge in [-0.05, 0) is 66.9 Å². The van der Waals surface area contributed by atoms with E-state index in [9.17, 15) is 18.0 Å².